The summed E-state index contributed by atoms with van der Waals surface area (Å²) in [6, 6.07) is 5.13. The molecule has 0 unspecified atom stereocenters. The molecule has 212 valence electrons. The number of unbranched alkanes of at least 4 members (excludes halogenated alkanes) is 1. The second-order valence-corrected chi connectivity index (χ2v) is 9.53. The lowest BCUT2D eigenvalue weighted by molar-refractivity contribution is -0.274. The summed E-state index contributed by atoms with van der Waals surface area (Å²) in [4.78, 5) is 32.0. The van der Waals surface area contributed by atoms with Crippen LogP contribution in [0.15, 0.2) is 66.7 Å². The number of anilines is 1. The van der Waals surface area contributed by atoms with Crippen LogP contribution in [0.3, 0.4) is 0 Å². The van der Waals surface area contributed by atoms with E-state index in [4.69, 9.17) is 11.5 Å². The van der Waals surface area contributed by atoms with E-state index < -0.39 is 18.0 Å². The molecule has 0 saturated heterocycles. The van der Waals surface area contributed by atoms with Gasteiger partial charge in [0.15, 0.2) is 0 Å². The maximum absolute atomic E-state index is 12.4. The summed E-state index contributed by atoms with van der Waals surface area (Å²) in [5.41, 5.74) is 13.4. The van der Waals surface area contributed by atoms with Gasteiger partial charge in [0.25, 0.3) is 0 Å². The number of hydrogen-bond acceptors (Lipinski definition) is 10. The summed E-state index contributed by atoms with van der Waals surface area (Å²) in [6.07, 6.45) is 5.46. The van der Waals surface area contributed by atoms with Crippen molar-refractivity contribution in [2.45, 2.75) is 44.9 Å². The zero-order chi connectivity index (χ0) is 29.0. The monoisotopic (exact) mass is 576 g/mol. The van der Waals surface area contributed by atoms with E-state index in [9.17, 15) is 22.8 Å². The van der Waals surface area contributed by atoms with E-state index in [1.54, 1.807) is 18.5 Å². The predicted octanol–water partition coefficient (Wildman–Crippen LogP) is 3.12. The van der Waals surface area contributed by atoms with Crippen molar-refractivity contribution in [3.05, 3.63) is 82.8 Å². The van der Waals surface area contributed by atoms with Crippen LogP contribution in [-0.4, -0.2) is 38.3 Å². The predicted molar refractivity (Wildman–Crippen MR) is 141 cm³/mol. The quantitative estimate of drug-likeness (QED) is 0.176. The zero-order valence-corrected chi connectivity index (χ0v) is 22.0. The fourth-order valence-electron chi connectivity index (χ4n) is 3.35. The zero-order valence-electron chi connectivity index (χ0n) is 21.1. The molecule has 3 aromatic rings. The van der Waals surface area contributed by atoms with E-state index in [1.807, 2.05) is 0 Å². The van der Waals surface area contributed by atoms with E-state index >= 15 is 0 Å². The summed E-state index contributed by atoms with van der Waals surface area (Å²) < 4.78 is 41.0. The first-order valence-corrected chi connectivity index (χ1v) is 12.8. The van der Waals surface area contributed by atoms with Crippen molar-refractivity contribution in [1.82, 2.24) is 25.5 Å². The molecule has 0 spiro atoms. The molecule has 0 aliphatic carbocycles. The topological polar surface area (TPSA) is 171 Å². The van der Waals surface area contributed by atoms with Crippen molar-refractivity contribution < 1.29 is 27.5 Å². The first-order valence-electron chi connectivity index (χ1n) is 12.0. The normalized spacial score (nSPS) is 12.2. The number of halogens is 3. The lowest BCUT2D eigenvalue weighted by Crippen LogP contribution is -2.28. The highest BCUT2D eigenvalue weighted by atomic mass is 32.1. The van der Waals surface area contributed by atoms with Gasteiger partial charge in [0.2, 0.25) is 16.9 Å². The number of amides is 2. The second kappa shape index (κ2) is 14.6. The van der Waals surface area contributed by atoms with Gasteiger partial charge in [-0.05, 0) is 54.7 Å². The lowest BCUT2D eigenvalue weighted by atomic mass is 10.1. The number of benzene rings is 1. The largest absolute Gasteiger partial charge is 0.573 e. The number of aryl methyl sites for hydroxylation is 1. The van der Waals surface area contributed by atoms with Gasteiger partial charge in [-0.1, -0.05) is 23.5 Å². The summed E-state index contributed by atoms with van der Waals surface area (Å²) in [6.45, 7) is 0. The van der Waals surface area contributed by atoms with Crippen molar-refractivity contribution in [3.8, 4) is 5.75 Å². The molecule has 6 N–H and O–H groups in total. The molecule has 2 heterocycles. The Morgan fingerprint density at radius 2 is 1.75 bits per heavy atom. The molecule has 0 aliphatic heterocycles. The van der Waals surface area contributed by atoms with Gasteiger partial charge in [0.1, 0.15) is 22.9 Å². The summed E-state index contributed by atoms with van der Waals surface area (Å²) in [5.74, 6) is -1.11. The first kappa shape index (κ1) is 30.0. The van der Waals surface area contributed by atoms with Crippen molar-refractivity contribution in [2.75, 3.05) is 5.32 Å². The number of nitrogens with two attached hydrogens (primary N) is 2. The SMILES string of the molecule is N/C(=C\C=C(/N)NC(=O)Cc1cccc(OC(F)(F)F)c1)CCCCc1nnc(NC(=O)Cc2cncnc2)s1. The van der Waals surface area contributed by atoms with E-state index in [0.29, 0.717) is 34.8 Å². The highest BCUT2D eigenvalue weighted by Crippen LogP contribution is 2.23. The first-order chi connectivity index (χ1) is 19.1. The molecule has 3 rings (SSSR count). The van der Waals surface area contributed by atoms with Crippen LogP contribution in [0.1, 0.15) is 35.4 Å². The standard InChI is InChI=1S/C25H27F3N8O3S/c26-25(27,28)39-19-6-3-4-16(10-19)11-21(37)33-20(30)9-8-18(29)5-1-2-7-23-35-36-24(40-23)34-22(38)12-17-13-31-15-32-14-17/h3-4,6,8-10,13-15H,1-2,5,7,11-12,29-30H2,(H,33,37)(H,34,36,38)/b18-8-,20-9+. The van der Waals surface area contributed by atoms with Crippen molar-refractivity contribution in [2.24, 2.45) is 11.5 Å². The number of aromatic nitrogens is 4. The molecule has 0 atom stereocenters. The van der Waals surface area contributed by atoms with E-state index in [0.717, 1.165) is 30.0 Å². The van der Waals surface area contributed by atoms with Gasteiger partial charge < -0.3 is 26.8 Å². The Balaban J connectivity index is 1.35. The van der Waals surface area contributed by atoms with Gasteiger partial charge in [-0.15, -0.1) is 23.4 Å². The van der Waals surface area contributed by atoms with E-state index in [2.05, 4.69) is 35.5 Å². The Morgan fingerprint density at radius 3 is 2.50 bits per heavy atom. The summed E-state index contributed by atoms with van der Waals surface area (Å²) in [7, 11) is 0. The lowest BCUT2D eigenvalue weighted by Gasteiger charge is -2.10. The molecule has 2 amide bonds. The van der Waals surface area contributed by atoms with Crippen LogP contribution < -0.4 is 26.8 Å². The molecule has 0 radical (unpaired) electrons. The average molecular weight is 577 g/mol. The number of nitrogens with one attached hydrogen (secondary N) is 2. The molecule has 0 aliphatic rings. The molecule has 1 aromatic carbocycles. The molecule has 0 bridgehead atoms. The maximum atomic E-state index is 12.4. The van der Waals surface area contributed by atoms with Crippen LogP contribution in [0, 0.1) is 0 Å². The fourth-order valence-corrected chi connectivity index (χ4v) is 4.14. The number of alkyl halides is 3. The Bertz CT molecular complexity index is 1350. The van der Waals surface area contributed by atoms with Crippen LogP contribution in [0.25, 0.3) is 0 Å². The molecular weight excluding hydrogens is 549 g/mol. The Kier molecular flexibility index (Phi) is 10.9. The van der Waals surface area contributed by atoms with Crippen LogP contribution in [0.5, 0.6) is 5.75 Å². The second-order valence-electron chi connectivity index (χ2n) is 8.46. The van der Waals surface area contributed by atoms with Crippen molar-refractivity contribution in [1.29, 1.82) is 0 Å². The highest BCUT2D eigenvalue weighted by molar-refractivity contribution is 7.15. The number of nitrogens with zero attached hydrogens (tertiary/aromatic N) is 4. The Morgan fingerprint density at radius 1 is 1.00 bits per heavy atom. The molecule has 0 saturated carbocycles. The minimum atomic E-state index is -4.82. The van der Waals surface area contributed by atoms with Crippen LogP contribution in [-0.2, 0) is 28.9 Å². The van der Waals surface area contributed by atoms with Crippen LogP contribution in [0.2, 0.25) is 0 Å². The van der Waals surface area contributed by atoms with E-state index in [1.165, 1.54) is 35.9 Å². The Labute approximate surface area is 231 Å². The molecule has 15 heteroatoms. The minimum absolute atomic E-state index is 0.0406. The van der Waals surface area contributed by atoms with Crippen LogP contribution in [0.4, 0.5) is 18.3 Å². The van der Waals surface area contributed by atoms with Crippen molar-refractivity contribution >= 4 is 28.3 Å². The van der Waals surface area contributed by atoms with Gasteiger partial charge in [0, 0.05) is 24.5 Å². The minimum Gasteiger partial charge on any atom is -0.406 e. The molecular formula is C25H27F3N8O3S. The molecule has 11 nitrogen and oxygen atoms in total. The maximum Gasteiger partial charge on any atom is 0.573 e. The van der Waals surface area contributed by atoms with Crippen molar-refractivity contribution in [3.63, 3.8) is 0 Å². The fraction of sp³-hybridized carbons (Fsp3) is 0.280. The third-order valence-corrected chi connectivity index (χ3v) is 5.95. The number of carbonyl (C=O) groups excluding carboxylic acids is 2. The number of hydrogen-bond donors (Lipinski definition) is 4. The van der Waals surface area contributed by atoms with Gasteiger partial charge in [-0.2, -0.15) is 0 Å². The van der Waals surface area contributed by atoms with Gasteiger partial charge >= 0.3 is 6.36 Å². The molecule has 0 fully saturated rings. The third kappa shape index (κ3) is 11.5. The summed E-state index contributed by atoms with van der Waals surface area (Å²) in [5, 5.41) is 14.4. The number of carbonyl (C=O) groups is 2. The number of allylic oxidation sites excluding steroid dienone is 3. The van der Waals surface area contributed by atoms with E-state index in [-0.39, 0.29) is 24.6 Å². The number of rotatable bonds is 13. The van der Waals surface area contributed by atoms with Gasteiger partial charge in [0.05, 0.1) is 12.8 Å². The third-order valence-electron chi connectivity index (χ3n) is 5.06. The molecule has 2 aromatic heterocycles. The summed E-state index contributed by atoms with van der Waals surface area (Å²) >= 11 is 1.30. The smallest absolute Gasteiger partial charge is 0.406 e. The number of ether oxygens (including phenoxy) is 1. The van der Waals surface area contributed by atoms with Crippen LogP contribution >= 0.6 is 11.3 Å². The Hall–Kier alpha value is -4.53. The average Bonchev–Trinajstić information content (AvgIpc) is 3.32. The highest BCUT2D eigenvalue weighted by Gasteiger charge is 2.31. The van der Waals surface area contributed by atoms with Gasteiger partial charge in [-0.3, -0.25) is 9.59 Å². The molecule has 40 heavy (non-hydrogen) atoms. The van der Waals surface area contributed by atoms with Gasteiger partial charge in [-0.25, -0.2) is 9.97 Å².